The van der Waals surface area contributed by atoms with E-state index in [1.165, 1.54) is 12.1 Å². The Kier molecular flexibility index (Phi) is 6.00. The molecule has 2 amide bonds. The Morgan fingerprint density at radius 3 is 2.62 bits per heavy atom. The van der Waals surface area contributed by atoms with Crippen LogP contribution in [0.15, 0.2) is 18.2 Å². The number of esters is 1. The number of rotatable bonds is 6. The molecule has 0 bridgehead atoms. The van der Waals surface area contributed by atoms with E-state index in [0.717, 1.165) is 0 Å². The average Bonchev–Trinajstić information content (AvgIpc) is 2.59. The van der Waals surface area contributed by atoms with Gasteiger partial charge in [0.1, 0.15) is 19.3 Å². The molecule has 1 aromatic carbocycles. The molecule has 2 rings (SSSR count). The molecule has 0 radical (unpaired) electrons. The van der Waals surface area contributed by atoms with E-state index in [2.05, 4.69) is 10.6 Å². The minimum absolute atomic E-state index is 0.254. The van der Waals surface area contributed by atoms with Crippen molar-refractivity contribution in [2.75, 3.05) is 26.4 Å². The molecule has 0 fully saturated rings. The molecule has 130 valence electrons. The van der Waals surface area contributed by atoms with Crippen molar-refractivity contribution >= 4 is 17.8 Å². The molecule has 8 nitrogen and oxygen atoms in total. The molecular formula is C16H20N2O6. The van der Waals surface area contributed by atoms with Gasteiger partial charge in [0, 0.05) is 6.54 Å². The van der Waals surface area contributed by atoms with Crippen molar-refractivity contribution in [3.05, 3.63) is 23.8 Å². The SMILES string of the molecule is CCNC(=O)[C@H](C)NC(=O)COC(=O)c1ccc2c(c1)OCCO2. The molecule has 24 heavy (non-hydrogen) atoms. The molecule has 0 saturated carbocycles. The second-order valence-corrected chi connectivity index (χ2v) is 5.12. The Labute approximate surface area is 139 Å². The molecule has 1 atom stereocenters. The van der Waals surface area contributed by atoms with Crippen molar-refractivity contribution < 1.29 is 28.6 Å². The number of carbonyl (C=O) groups excluding carboxylic acids is 3. The number of ether oxygens (including phenoxy) is 3. The van der Waals surface area contributed by atoms with E-state index in [1.807, 2.05) is 0 Å². The van der Waals surface area contributed by atoms with Gasteiger partial charge in [-0.25, -0.2) is 4.79 Å². The molecular weight excluding hydrogens is 316 g/mol. The van der Waals surface area contributed by atoms with Gasteiger partial charge in [0.05, 0.1) is 5.56 Å². The van der Waals surface area contributed by atoms with Crippen molar-refractivity contribution in [1.82, 2.24) is 10.6 Å². The van der Waals surface area contributed by atoms with Crippen LogP contribution in [0.25, 0.3) is 0 Å². The fourth-order valence-corrected chi connectivity index (χ4v) is 2.06. The number of likely N-dealkylation sites (N-methyl/N-ethyl adjacent to an activating group) is 1. The van der Waals surface area contributed by atoms with Gasteiger partial charge in [-0.2, -0.15) is 0 Å². The van der Waals surface area contributed by atoms with E-state index in [0.29, 0.717) is 31.3 Å². The molecule has 0 spiro atoms. The maximum atomic E-state index is 12.0. The van der Waals surface area contributed by atoms with Crippen molar-refractivity contribution in [2.24, 2.45) is 0 Å². The van der Waals surface area contributed by atoms with Gasteiger partial charge in [-0.3, -0.25) is 9.59 Å². The first-order valence-electron chi connectivity index (χ1n) is 7.65. The van der Waals surface area contributed by atoms with Crippen LogP contribution in [0.2, 0.25) is 0 Å². The molecule has 1 aliphatic heterocycles. The van der Waals surface area contributed by atoms with Gasteiger partial charge >= 0.3 is 5.97 Å². The summed E-state index contributed by atoms with van der Waals surface area (Å²) < 4.78 is 15.7. The molecule has 1 aliphatic rings. The van der Waals surface area contributed by atoms with Gasteiger partial charge in [-0.05, 0) is 32.0 Å². The van der Waals surface area contributed by atoms with Crippen LogP contribution in [-0.4, -0.2) is 50.2 Å². The first-order valence-corrected chi connectivity index (χ1v) is 7.65. The third-order valence-electron chi connectivity index (χ3n) is 3.23. The fourth-order valence-electron chi connectivity index (χ4n) is 2.06. The molecule has 1 heterocycles. The summed E-state index contributed by atoms with van der Waals surface area (Å²) in [6, 6.07) is 3.95. The van der Waals surface area contributed by atoms with Crippen molar-refractivity contribution in [3.63, 3.8) is 0 Å². The highest BCUT2D eigenvalue weighted by molar-refractivity contribution is 5.93. The van der Waals surface area contributed by atoms with Crippen LogP contribution in [-0.2, 0) is 14.3 Å². The van der Waals surface area contributed by atoms with Crippen LogP contribution >= 0.6 is 0 Å². The maximum absolute atomic E-state index is 12.0. The summed E-state index contributed by atoms with van der Waals surface area (Å²) in [5.41, 5.74) is 0.254. The van der Waals surface area contributed by atoms with Crippen LogP contribution in [0.1, 0.15) is 24.2 Å². The zero-order chi connectivity index (χ0) is 17.5. The van der Waals surface area contributed by atoms with Gasteiger partial charge in [-0.15, -0.1) is 0 Å². The van der Waals surface area contributed by atoms with E-state index >= 15 is 0 Å². The molecule has 2 N–H and O–H groups in total. The standard InChI is InChI=1S/C16H20N2O6/c1-3-17-15(20)10(2)18-14(19)9-24-16(21)11-4-5-12-13(8-11)23-7-6-22-12/h4-5,8,10H,3,6-7,9H2,1-2H3,(H,17,20)(H,18,19)/t10-/m0/s1. The third-order valence-corrected chi connectivity index (χ3v) is 3.23. The van der Waals surface area contributed by atoms with Gasteiger partial charge in [0.15, 0.2) is 18.1 Å². The monoisotopic (exact) mass is 336 g/mol. The highest BCUT2D eigenvalue weighted by Gasteiger charge is 2.18. The molecule has 1 aromatic rings. The highest BCUT2D eigenvalue weighted by Crippen LogP contribution is 2.30. The second kappa shape index (κ2) is 8.19. The summed E-state index contributed by atoms with van der Waals surface area (Å²) in [6.07, 6.45) is 0. The number of hydrogen-bond acceptors (Lipinski definition) is 6. The summed E-state index contributed by atoms with van der Waals surface area (Å²) in [4.78, 5) is 35.2. The van der Waals surface area contributed by atoms with E-state index in [1.54, 1.807) is 19.9 Å². The van der Waals surface area contributed by atoms with E-state index in [-0.39, 0.29) is 11.5 Å². The maximum Gasteiger partial charge on any atom is 0.338 e. The Morgan fingerprint density at radius 2 is 1.92 bits per heavy atom. The van der Waals surface area contributed by atoms with Crippen molar-refractivity contribution in [3.8, 4) is 11.5 Å². The average molecular weight is 336 g/mol. The number of hydrogen-bond donors (Lipinski definition) is 2. The van der Waals surface area contributed by atoms with Crippen molar-refractivity contribution in [1.29, 1.82) is 0 Å². The zero-order valence-corrected chi connectivity index (χ0v) is 13.6. The largest absolute Gasteiger partial charge is 0.486 e. The third kappa shape index (κ3) is 4.61. The summed E-state index contributed by atoms with van der Waals surface area (Å²) in [5, 5.41) is 5.03. The number of benzene rings is 1. The number of fused-ring (bicyclic) bond motifs is 1. The van der Waals surface area contributed by atoms with Gasteiger partial charge in [-0.1, -0.05) is 0 Å². The second-order valence-electron chi connectivity index (χ2n) is 5.12. The topological polar surface area (TPSA) is 103 Å². The Bertz CT molecular complexity index is 631. The van der Waals surface area contributed by atoms with Crippen LogP contribution in [0.5, 0.6) is 11.5 Å². The lowest BCUT2D eigenvalue weighted by Crippen LogP contribution is -2.46. The lowest BCUT2D eigenvalue weighted by Gasteiger charge is -2.18. The first kappa shape index (κ1) is 17.6. The predicted octanol–water partition coefficient (Wildman–Crippen LogP) is 0.255. The van der Waals surface area contributed by atoms with E-state index in [4.69, 9.17) is 14.2 Å². The van der Waals surface area contributed by atoms with Crippen LogP contribution in [0.4, 0.5) is 0 Å². The Morgan fingerprint density at radius 1 is 1.21 bits per heavy atom. The number of amides is 2. The minimum atomic E-state index is -0.703. The fraction of sp³-hybridized carbons (Fsp3) is 0.438. The number of nitrogens with one attached hydrogen (secondary N) is 2. The van der Waals surface area contributed by atoms with Crippen LogP contribution in [0.3, 0.4) is 0 Å². The summed E-state index contributed by atoms with van der Waals surface area (Å²) >= 11 is 0. The minimum Gasteiger partial charge on any atom is -0.486 e. The van der Waals surface area contributed by atoms with Gasteiger partial charge in [0.2, 0.25) is 5.91 Å². The Balaban J connectivity index is 1.84. The summed E-state index contributed by atoms with van der Waals surface area (Å²) in [5.74, 6) is -0.493. The lowest BCUT2D eigenvalue weighted by molar-refractivity contribution is -0.130. The molecule has 0 aromatic heterocycles. The Hall–Kier alpha value is -2.77. The van der Waals surface area contributed by atoms with Crippen LogP contribution in [0, 0.1) is 0 Å². The quantitative estimate of drug-likeness (QED) is 0.722. The van der Waals surface area contributed by atoms with Crippen molar-refractivity contribution in [2.45, 2.75) is 19.9 Å². The zero-order valence-electron chi connectivity index (χ0n) is 13.6. The van der Waals surface area contributed by atoms with E-state index in [9.17, 15) is 14.4 Å². The lowest BCUT2D eigenvalue weighted by atomic mass is 10.2. The molecule has 0 unspecified atom stereocenters. The van der Waals surface area contributed by atoms with E-state index < -0.39 is 24.5 Å². The highest BCUT2D eigenvalue weighted by atomic mass is 16.6. The normalized spacial score (nSPS) is 13.6. The number of carbonyl (C=O) groups is 3. The molecule has 0 aliphatic carbocycles. The molecule has 8 heteroatoms. The first-order chi connectivity index (χ1) is 11.5. The van der Waals surface area contributed by atoms with Crippen LogP contribution < -0.4 is 20.1 Å². The molecule has 0 saturated heterocycles. The summed E-state index contributed by atoms with van der Waals surface area (Å²) in [6.45, 7) is 4.19. The summed E-state index contributed by atoms with van der Waals surface area (Å²) in [7, 11) is 0. The van der Waals surface area contributed by atoms with Gasteiger partial charge in [0.25, 0.3) is 5.91 Å². The smallest absolute Gasteiger partial charge is 0.338 e. The van der Waals surface area contributed by atoms with Gasteiger partial charge < -0.3 is 24.8 Å². The predicted molar refractivity (Wildman–Crippen MR) is 84.0 cm³/mol.